The summed E-state index contributed by atoms with van der Waals surface area (Å²) in [4.78, 5) is 0. The van der Waals surface area contributed by atoms with E-state index < -0.39 is 19.2 Å². The molecule has 0 aromatic heterocycles. The Morgan fingerprint density at radius 2 is 1.43 bits per heavy atom. The molecule has 0 unspecified atom stereocenters. The molecule has 0 saturated heterocycles. The summed E-state index contributed by atoms with van der Waals surface area (Å²) in [5.74, 6) is -0.987. The number of nitrogens with one attached hydrogen (secondary N) is 1. The third kappa shape index (κ3) is 6.82. The van der Waals surface area contributed by atoms with Crippen LogP contribution in [0.1, 0.15) is 44.6 Å². The van der Waals surface area contributed by atoms with E-state index in [4.69, 9.17) is 9.05 Å². The van der Waals surface area contributed by atoms with E-state index in [1.165, 1.54) is 6.07 Å². The van der Waals surface area contributed by atoms with E-state index in [0.29, 0.717) is 6.54 Å². The Morgan fingerprint density at radius 3 is 1.96 bits per heavy atom. The molecule has 0 fully saturated rings. The van der Waals surface area contributed by atoms with E-state index in [0.717, 1.165) is 5.56 Å². The van der Waals surface area contributed by atoms with Gasteiger partial charge in [0, 0.05) is 12.1 Å². The molecule has 6 heteroatoms. The number of halogens is 1. The van der Waals surface area contributed by atoms with Crippen LogP contribution in [0.5, 0.6) is 0 Å². The molecule has 0 saturated carbocycles. The van der Waals surface area contributed by atoms with Crippen LogP contribution in [0, 0.1) is 17.7 Å². The maximum Gasteiger partial charge on any atom is 0.352 e. The Kier molecular flexibility index (Phi) is 8.84. The van der Waals surface area contributed by atoms with Crippen LogP contribution in [0.25, 0.3) is 0 Å². The first-order valence-corrected chi connectivity index (χ1v) is 11.3. The van der Waals surface area contributed by atoms with Crippen molar-refractivity contribution in [3.05, 3.63) is 71.5 Å². The lowest BCUT2D eigenvalue weighted by atomic mass is 10.2. The van der Waals surface area contributed by atoms with E-state index in [1.54, 1.807) is 18.2 Å². The summed E-state index contributed by atoms with van der Waals surface area (Å²) in [7, 11) is -3.67. The van der Waals surface area contributed by atoms with E-state index >= 15 is 0 Å². The summed E-state index contributed by atoms with van der Waals surface area (Å²) in [5, 5.41) is 3.23. The smallest absolute Gasteiger partial charge is 0.307 e. The molecule has 4 nitrogen and oxygen atoms in total. The Morgan fingerprint density at radius 1 is 0.893 bits per heavy atom. The molecule has 0 aliphatic rings. The highest BCUT2D eigenvalue weighted by atomic mass is 31.2. The van der Waals surface area contributed by atoms with Crippen LogP contribution in [0.2, 0.25) is 0 Å². The highest BCUT2D eigenvalue weighted by molar-refractivity contribution is 7.54. The zero-order valence-electron chi connectivity index (χ0n) is 17.1. The minimum atomic E-state index is -3.67. The Bertz CT molecular complexity index is 751. The van der Waals surface area contributed by atoms with Gasteiger partial charge in [-0.05, 0) is 23.5 Å². The second-order valence-electron chi connectivity index (χ2n) is 7.71. The van der Waals surface area contributed by atoms with Crippen molar-refractivity contribution < 1.29 is 18.0 Å². The topological polar surface area (TPSA) is 47.6 Å². The first kappa shape index (κ1) is 22.8. The predicted molar refractivity (Wildman–Crippen MR) is 112 cm³/mol. The van der Waals surface area contributed by atoms with E-state index in [2.05, 4.69) is 5.32 Å². The van der Waals surface area contributed by atoms with Gasteiger partial charge in [-0.2, -0.15) is 0 Å². The quantitative estimate of drug-likeness (QED) is 0.454. The van der Waals surface area contributed by atoms with Crippen molar-refractivity contribution in [3.8, 4) is 0 Å². The van der Waals surface area contributed by atoms with Crippen LogP contribution in [0.15, 0.2) is 54.6 Å². The van der Waals surface area contributed by atoms with Crippen LogP contribution < -0.4 is 5.32 Å². The normalized spacial score (nSPS) is 13.2. The van der Waals surface area contributed by atoms with Crippen molar-refractivity contribution >= 4 is 7.60 Å². The molecule has 0 heterocycles. The Hall–Kier alpha value is -1.52. The lowest BCUT2D eigenvalue weighted by Gasteiger charge is -2.29. The fourth-order valence-electron chi connectivity index (χ4n) is 2.59. The summed E-state index contributed by atoms with van der Waals surface area (Å²) < 4.78 is 40.1. The monoisotopic (exact) mass is 407 g/mol. The summed E-state index contributed by atoms with van der Waals surface area (Å²) in [6.45, 7) is 8.86. The van der Waals surface area contributed by atoms with E-state index in [9.17, 15) is 8.96 Å². The first-order chi connectivity index (χ1) is 13.3. The van der Waals surface area contributed by atoms with Crippen LogP contribution in [-0.2, 0) is 20.2 Å². The van der Waals surface area contributed by atoms with Crippen LogP contribution in [0.4, 0.5) is 4.39 Å². The fraction of sp³-hybridized carbons (Fsp3) is 0.455. The maximum atomic E-state index is 14.6. The minimum Gasteiger partial charge on any atom is -0.307 e. The molecule has 1 N–H and O–H groups in total. The van der Waals surface area contributed by atoms with Crippen molar-refractivity contribution in [2.24, 2.45) is 11.8 Å². The summed E-state index contributed by atoms with van der Waals surface area (Å²) in [6.07, 6.45) is 0. The predicted octanol–water partition coefficient (Wildman–Crippen LogP) is 6.15. The van der Waals surface area contributed by atoms with Crippen LogP contribution >= 0.6 is 7.60 Å². The van der Waals surface area contributed by atoms with Gasteiger partial charge in [-0.15, -0.1) is 0 Å². The van der Waals surface area contributed by atoms with Gasteiger partial charge in [0.2, 0.25) is 0 Å². The van der Waals surface area contributed by atoms with Gasteiger partial charge in [0.05, 0.1) is 13.2 Å². The molecule has 0 radical (unpaired) electrons. The van der Waals surface area contributed by atoms with Crippen molar-refractivity contribution in [2.45, 2.75) is 40.0 Å². The highest BCUT2D eigenvalue weighted by Gasteiger charge is 2.39. The molecule has 28 heavy (non-hydrogen) atoms. The third-order valence-electron chi connectivity index (χ3n) is 4.03. The van der Waals surface area contributed by atoms with Gasteiger partial charge in [-0.3, -0.25) is 9.88 Å². The Balaban J connectivity index is 2.36. The molecule has 2 rings (SSSR count). The summed E-state index contributed by atoms with van der Waals surface area (Å²) >= 11 is 0. The molecule has 0 amide bonds. The molecule has 2 aromatic rings. The molecule has 0 bridgehead atoms. The van der Waals surface area contributed by atoms with Crippen molar-refractivity contribution in [1.82, 2.24) is 5.32 Å². The molecule has 0 aliphatic carbocycles. The minimum absolute atomic E-state index is 0.173. The number of benzene rings is 2. The standard InChI is InChI=1S/C22H31FNO3P/c1-17(2)15-26-28(25,27-16-18(3)4)22(20-12-8-9-13-21(20)23)24-14-19-10-6-5-7-11-19/h5-13,17-18,22,24H,14-16H2,1-4H3/t22-/m0/s1. The zero-order valence-corrected chi connectivity index (χ0v) is 18.0. The van der Waals surface area contributed by atoms with Gasteiger partial charge < -0.3 is 9.05 Å². The zero-order chi connectivity index (χ0) is 20.6. The number of hydrogen-bond donors (Lipinski definition) is 1. The molecular formula is C22H31FNO3P. The highest BCUT2D eigenvalue weighted by Crippen LogP contribution is 2.60. The average Bonchev–Trinajstić information content (AvgIpc) is 2.67. The van der Waals surface area contributed by atoms with Gasteiger partial charge >= 0.3 is 7.60 Å². The summed E-state index contributed by atoms with van der Waals surface area (Å²) in [5.41, 5.74) is 1.29. The molecule has 0 aliphatic heterocycles. The number of rotatable bonds is 11. The first-order valence-electron chi connectivity index (χ1n) is 9.72. The second-order valence-corrected chi connectivity index (χ2v) is 9.82. The fourth-order valence-corrected chi connectivity index (χ4v) is 4.84. The van der Waals surface area contributed by atoms with Crippen molar-refractivity contribution in [3.63, 3.8) is 0 Å². The average molecular weight is 407 g/mol. The van der Waals surface area contributed by atoms with Gasteiger partial charge in [0.1, 0.15) is 11.6 Å². The SMILES string of the molecule is CC(C)COP(=O)(OCC(C)C)[C@H](NCc1ccccc1)c1ccccc1F. The summed E-state index contributed by atoms with van der Waals surface area (Å²) in [6, 6.07) is 16.0. The molecule has 1 atom stereocenters. The van der Waals surface area contributed by atoms with Gasteiger partial charge in [0.15, 0.2) is 0 Å². The maximum absolute atomic E-state index is 14.6. The van der Waals surface area contributed by atoms with Crippen LogP contribution in [0.3, 0.4) is 0 Å². The molecular weight excluding hydrogens is 376 g/mol. The number of hydrogen-bond acceptors (Lipinski definition) is 4. The van der Waals surface area contributed by atoms with Gasteiger partial charge in [-0.25, -0.2) is 4.39 Å². The lowest BCUT2D eigenvalue weighted by Crippen LogP contribution is -2.25. The second kappa shape index (κ2) is 10.9. The third-order valence-corrected chi connectivity index (χ3v) is 6.15. The van der Waals surface area contributed by atoms with Crippen molar-refractivity contribution in [1.29, 1.82) is 0 Å². The van der Waals surface area contributed by atoms with Crippen molar-refractivity contribution in [2.75, 3.05) is 13.2 Å². The van der Waals surface area contributed by atoms with E-state index in [-0.39, 0.29) is 30.6 Å². The largest absolute Gasteiger partial charge is 0.352 e. The lowest BCUT2D eigenvalue weighted by molar-refractivity contribution is 0.163. The Labute approximate surface area is 168 Å². The van der Waals surface area contributed by atoms with E-state index in [1.807, 2.05) is 58.0 Å². The van der Waals surface area contributed by atoms with Gasteiger partial charge in [-0.1, -0.05) is 76.2 Å². The molecule has 154 valence electrons. The molecule has 2 aromatic carbocycles. The van der Waals surface area contributed by atoms with Gasteiger partial charge in [0.25, 0.3) is 0 Å². The van der Waals surface area contributed by atoms with Crippen LogP contribution in [-0.4, -0.2) is 13.2 Å². The molecule has 0 spiro atoms.